The first-order chi connectivity index (χ1) is 13.3. The minimum atomic E-state index is 0.451. The molecule has 0 aliphatic carbocycles. The number of hydrogen-bond donors (Lipinski definition) is 1. The van der Waals surface area contributed by atoms with Crippen LogP contribution in [0.3, 0.4) is 0 Å². The second-order valence-corrected chi connectivity index (χ2v) is 6.90. The summed E-state index contributed by atoms with van der Waals surface area (Å²) in [5.74, 6) is 1.28. The molecule has 2 heterocycles. The average Bonchev–Trinajstić information content (AvgIpc) is 2.71. The van der Waals surface area contributed by atoms with E-state index in [1.54, 1.807) is 6.20 Å². The number of aromatic nitrogens is 3. The predicted octanol–water partition coefficient (Wildman–Crippen LogP) is 3.59. The van der Waals surface area contributed by atoms with E-state index in [4.69, 9.17) is 11.6 Å². The molecular weight excluding hydrogens is 360 g/mol. The summed E-state index contributed by atoms with van der Waals surface area (Å²) in [7, 11) is 0. The summed E-state index contributed by atoms with van der Waals surface area (Å²) in [6, 6.07) is 18.1. The molecule has 0 amide bonds. The van der Waals surface area contributed by atoms with Crippen molar-refractivity contribution in [3.8, 4) is 0 Å². The number of anilines is 3. The molecule has 27 heavy (non-hydrogen) atoms. The number of benzene rings is 2. The van der Waals surface area contributed by atoms with Gasteiger partial charge in [0.15, 0.2) is 5.82 Å². The Morgan fingerprint density at radius 3 is 2.44 bits per heavy atom. The van der Waals surface area contributed by atoms with E-state index in [1.807, 2.05) is 24.3 Å². The van der Waals surface area contributed by atoms with Crippen LogP contribution in [0.1, 0.15) is 5.56 Å². The van der Waals surface area contributed by atoms with Gasteiger partial charge in [-0.2, -0.15) is 10.1 Å². The minimum Gasteiger partial charge on any atom is -0.353 e. The van der Waals surface area contributed by atoms with Crippen LogP contribution in [0, 0.1) is 0 Å². The fourth-order valence-corrected chi connectivity index (χ4v) is 3.34. The van der Waals surface area contributed by atoms with E-state index in [9.17, 15) is 0 Å². The van der Waals surface area contributed by atoms with E-state index < -0.39 is 0 Å². The van der Waals surface area contributed by atoms with Gasteiger partial charge in [0.05, 0.1) is 16.9 Å². The number of nitrogens with zero attached hydrogens (tertiary/aromatic N) is 5. The summed E-state index contributed by atoms with van der Waals surface area (Å²) in [6.45, 7) is 4.79. The maximum Gasteiger partial charge on any atom is 0.249 e. The summed E-state index contributed by atoms with van der Waals surface area (Å²) in [6.07, 6.45) is 1.71. The third-order valence-corrected chi connectivity index (χ3v) is 4.94. The Morgan fingerprint density at radius 2 is 1.67 bits per heavy atom. The van der Waals surface area contributed by atoms with Crippen LogP contribution >= 0.6 is 11.6 Å². The first kappa shape index (κ1) is 17.7. The quantitative estimate of drug-likeness (QED) is 0.730. The van der Waals surface area contributed by atoms with Crippen LogP contribution in [-0.2, 0) is 6.54 Å². The molecule has 1 aliphatic heterocycles. The molecule has 0 spiro atoms. The van der Waals surface area contributed by atoms with E-state index in [1.165, 1.54) is 5.56 Å². The molecule has 0 radical (unpaired) electrons. The molecule has 1 aliphatic rings. The maximum absolute atomic E-state index is 6.19. The molecule has 1 N–H and O–H groups in total. The number of rotatable bonds is 5. The summed E-state index contributed by atoms with van der Waals surface area (Å²) >= 11 is 6.19. The number of halogens is 1. The third-order valence-electron chi connectivity index (χ3n) is 4.61. The highest BCUT2D eigenvalue weighted by Gasteiger charge is 2.19. The molecule has 0 saturated carbocycles. The summed E-state index contributed by atoms with van der Waals surface area (Å²) in [5.41, 5.74) is 2.12. The molecule has 2 aromatic carbocycles. The van der Waals surface area contributed by atoms with Gasteiger partial charge >= 0.3 is 0 Å². The largest absolute Gasteiger partial charge is 0.353 e. The van der Waals surface area contributed by atoms with Crippen molar-refractivity contribution in [3.05, 3.63) is 71.4 Å². The molecule has 0 bridgehead atoms. The van der Waals surface area contributed by atoms with Gasteiger partial charge in [0.1, 0.15) is 0 Å². The SMILES string of the molecule is Clc1ccccc1Nc1nncc(N2CCN(Cc3ccccc3)CC2)n1. The smallest absolute Gasteiger partial charge is 0.249 e. The Morgan fingerprint density at radius 1 is 0.926 bits per heavy atom. The van der Waals surface area contributed by atoms with Crippen LogP contribution in [-0.4, -0.2) is 46.3 Å². The van der Waals surface area contributed by atoms with Crippen LogP contribution < -0.4 is 10.2 Å². The molecule has 4 rings (SSSR count). The minimum absolute atomic E-state index is 0.451. The Balaban J connectivity index is 1.38. The molecule has 7 heteroatoms. The molecule has 0 unspecified atom stereocenters. The van der Waals surface area contributed by atoms with Crippen molar-refractivity contribution in [2.75, 3.05) is 36.4 Å². The summed E-state index contributed by atoms with van der Waals surface area (Å²) < 4.78 is 0. The van der Waals surface area contributed by atoms with Crippen LogP contribution in [0.25, 0.3) is 0 Å². The van der Waals surface area contributed by atoms with Crippen LogP contribution in [0.2, 0.25) is 5.02 Å². The topological polar surface area (TPSA) is 57.2 Å². The van der Waals surface area contributed by atoms with E-state index in [0.717, 1.165) is 44.2 Å². The van der Waals surface area contributed by atoms with Gasteiger partial charge in [-0.1, -0.05) is 54.1 Å². The summed E-state index contributed by atoms with van der Waals surface area (Å²) in [5, 5.41) is 11.9. The lowest BCUT2D eigenvalue weighted by Crippen LogP contribution is -2.46. The Labute approximate surface area is 163 Å². The van der Waals surface area contributed by atoms with E-state index >= 15 is 0 Å². The van der Waals surface area contributed by atoms with Crippen molar-refractivity contribution in [2.45, 2.75) is 6.54 Å². The van der Waals surface area contributed by atoms with Gasteiger partial charge < -0.3 is 10.2 Å². The number of piperazine rings is 1. The van der Waals surface area contributed by atoms with Crippen molar-refractivity contribution in [1.29, 1.82) is 0 Å². The van der Waals surface area contributed by atoms with Gasteiger partial charge in [-0.25, -0.2) is 0 Å². The van der Waals surface area contributed by atoms with Crippen molar-refractivity contribution in [2.24, 2.45) is 0 Å². The highest BCUT2D eigenvalue weighted by molar-refractivity contribution is 6.33. The van der Waals surface area contributed by atoms with Crippen LogP contribution in [0.4, 0.5) is 17.5 Å². The lowest BCUT2D eigenvalue weighted by Gasteiger charge is -2.35. The molecule has 0 atom stereocenters. The van der Waals surface area contributed by atoms with Gasteiger partial charge in [0, 0.05) is 32.7 Å². The monoisotopic (exact) mass is 380 g/mol. The first-order valence-electron chi connectivity index (χ1n) is 9.00. The van der Waals surface area contributed by atoms with Crippen molar-refractivity contribution >= 4 is 29.1 Å². The highest BCUT2D eigenvalue weighted by Crippen LogP contribution is 2.24. The fraction of sp³-hybridized carbons (Fsp3) is 0.250. The van der Waals surface area contributed by atoms with Crippen molar-refractivity contribution in [1.82, 2.24) is 20.1 Å². The lowest BCUT2D eigenvalue weighted by atomic mass is 10.2. The van der Waals surface area contributed by atoms with Crippen molar-refractivity contribution < 1.29 is 0 Å². The first-order valence-corrected chi connectivity index (χ1v) is 9.38. The second-order valence-electron chi connectivity index (χ2n) is 6.49. The molecule has 138 valence electrons. The van der Waals surface area contributed by atoms with Gasteiger partial charge in [-0.3, -0.25) is 4.90 Å². The van der Waals surface area contributed by atoms with E-state index in [-0.39, 0.29) is 0 Å². The van der Waals surface area contributed by atoms with E-state index in [2.05, 4.69) is 60.6 Å². The molecule has 3 aromatic rings. The Hall–Kier alpha value is -2.70. The number of para-hydroxylation sites is 1. The zero-order valence-corrected chi connectivity index (χ0v) is 15.7. The number of nitrogens with one attached hydrogen (secondary N) is 1. The molecule has 1 aromatic heterocycles. The van der Waals surface area contributed by atoms with E-state index in [0.29, 0.717) is 11.0 Å². The average molecular weight is 381 g/mol. The van der Waals surface area contributed by atoms with Gasteiger partial charge in [0.2, 0.25) is 5.95 Å². The molecule has 1 fully saturated rings. The van der Waals surface area contributed by atoms with Crippen LogP contribution in [0.5, 0.6) is 0 Å². The van der Waals surface area contributed by atoms with Crippen molar-refractivity contribution in [3.63, 3.8) is 0 Å². The molecular formula is C20H21ClN6. The normalized spacial score (nSPS) is 14.9. The second kappa shape index (κ2) is 8.33. The van der Waals surface area contributed by atoms with Crippen LogP contribution in [0.15, 0.2) is 60.8 Å². The van der Waals surface area contributed by atoms with Gasteiger partial charge in [-0.05, 0) is 17.7 Å². The fourth-order valence-electron chi connectivity index (χ4n) is 3.16. The van der Waals surface area contributed by atoms with Gasteiger partial charge in [-0.15, -0.1) is 5.10 Å². The molecule has 1 saturated heterocycles. The molecule has 6 nitrogen and oxygen atoms in total. The lowest BCUT2D eigenvalue weighted by molar-refractivity contribution is 0.249. The highest BCUT2D eigenvalue weighted by atomic mass is 35.5. The Bertz CT molecular complexity index is 880. The summed E-state index contributed by atoms with van der Waals surface area (Å²) in [4.78, 5) is 9.31. The predicted molar refractivity (Wildman–Crippen MR) is 108 cm³/mol. The zero-order valence-electron chi connectivity index (χ0n) is 14.9. The standard InChI is InChI=1S/C20H21ClN6/c21-17-8-4-5-9-18(17)23-20-24-19(14-22-25-20)27-12-10-26(11-13-27)15-16-6-2-1-3-7-16/h1-9,14H,10-13,15H2,(H,23,24,25). The maximum atomic E-state index is 6.19. The third kappa shape index (κ3) is 4.53. The zero-order chi connectivity index (χ0) is 18.5. The Kier molecular flexibility index (Phi) is 5.46. The van der Waals surface area contributed by atoms with Gasteiger partial charge in [0.25, 0.3) is 0 Å². The number of hydrogen-bond acceptors (Lipinski definition) is 6.